The molecule has 0 radical (unpaired) electrons. The summed E-state index contributed by atoms with van der Waals surface area (Å²) >= 11 is 0. The summed E-state index contributed by atoms with van der Waals surface area (Å²) in [5.41, 5.74) is 3.04. The quantitative estimate of drug-likeness (QED) is 0.549. The molecule has 0 amide bonds. The number of fused-ring (bicyclic) bond motifs is 1. The minimum atomic E-state index is 0.401. The summed E-state index contributed by atoms with van der Waals surface area (Å²) in [6.07, 6.45) is 5.64. The van der Waals surface area contributed by atoms with Crippen LogP contribution in [0.2, 0.25) is 0 Å². The van der Waals surface area contributed by atoms with Gasteiger partial charge in [-0.2, -0.15) is 0 Å². The first-order valence-electron chi connectivity index (χ1n) is 6.29. The summed E-state index contributed by atoms with van der Waals surface area (Å²) in [6, 6.07) is 0. The molecule has 1 unspecified atom stereocenters. The third-order valence-electron chi connectivity index (χ3n) is 5.11. The van der Waals surface area contributed by atoms with Crippen LogP contribution < -0.4 is 0 Å². The summed E-state index contributed by atoms with van der Waals surface area (Å²) in [5, 5.41) is 0. The summed E-state index contributed by atoms with van der Waals surface area (Å²) in [4.78, 5) is 2.75. The molecule has 0 aromatic rings. The summed E-state index contributed by atoms with van der Waals surface area (Å²) in [7, 11) is 0. The second kappa shape index (κ2) is 2.51. The highest BCUT2D eigenvalue weighted by molar-refractivity contribution is 5.26. The van der Waals surface area contributed by atoms with Gasteiger partial charge in [-0.25, -0.2) is 0 Å². The van der Waals surface area contributed by atoms with Crippen molar-refractivity contribution in [1.29, 1.82) is 0 Å². The number of hydrogen-bond donors (Lipinski definition) is 0. The monoisotopic (exact) mass is 205 g/mol. The van der Waals surface area contributed by atoms with Crippen LogP contribution in [0, 0.1) is 10.8 Å². The molecule has 0 aromatic carbocycles. The molecule has 3 rings (SSSR count). The Balaban J connectivity index is 1.99. The third-order valence-corrected chi connectivity index (χ3v) is 5.11. The maximum atomic E-state index is 4.22. The van der Waals surface area contributed by atoms with E-state index in [-0.39, 0.29) is 0 Å². The fourth-order valence-electron chi connectivity index (χ4n) is 3.98. The zero-order valence-corrected chi connectivity index (χ0v) is 10.4. The molecule has 2 heterocycles. The predicted molar refractivity (Wildman–Crippen MR) is 63.8 cm³/mol. The molecule has 2 aliphatic heterocycles. The van der Waals surface area contributed by atoms with E-state index in [0.717, 1.165) is 5.41 Å². The molecule has 1 heteroatoms. The van der Waals surface area contributed by atoms with Crippen molar-refractivity contribution in [1.82, 2.24) is 4.90 Å². The molecule has 15 heavy (non-hydrogen) atoms. The summed E-state index contributed by atoms with van der Waals surface area (Å²) in [5.74, 6) is 0. The van der Waals surface area contributed by atoms with Crippen molar-refractivity contribution in [3.05, 3.63) is 12.2 Å². The second-order valence-corrected chi connectivity index (χ2v) is 7.24. The molecule has 1 saturated carbocycles. The number of hydrogen-bond acceptors (Lipinski definition) is 1. The lowest BCUT2D eigenvalue weighted by molar-refractivity contribution is 0.0640. The molecular formula is C14H23N. The fourth-order valence-corrected chi connectivity index (χ4v) is 3.98. The van der Waals surface area contributed by atoms with E-state index in [1.165, 1.54) is 44.3 Å². The zero-order valence-electron chi connectivity index (χ0n) is 10.4. The van der Waals surface area contributed by atoms with Crippen molar-refractivity contribution in [3.63, 3.8) is 0 Å². The van der Waals surface area contributed by atoms with Crippen LogP contribution in [-0.4, -0.2) is 23.5 Å². The van der Waals surface area contributed by atoms with Gasteiger partial charge in [0.25, 0.3) is 0 Å². The highest BCUT2D eigenvalue weighted by Gasteiger charge is 2.64. The third kappa shape index (κ3) is 1.19. The van der Waals surface area contributed by atoms with Gasteiger partial charge >= 0.3 is 0 Å². The van der Waals surface area contributed by atoms with Gasteiger partial charge in [0.05, 0.1) is 0 Å². The van der Waals surface area contributed by atoms with Gasteiger partial charge in [-0.1, -0.05) is 32.9 Å². The normalized spacial score (nSPS) is 38.7. The Hall–Kier alpha value is -0.300. The van der Waals surface area contributed by atoms with E-state index < -0.39 is 0 Å². The van der Waals surface area contributed by atoms with E-state index in [1.54, 1.807) is 0 Å². The predicted octanol–water partition coefficient (Wildman–Crippen LogP) is 3.22. The van der Waals surface area contributed by atoms with Gasteiger partial charge in [-0.3, -0.25) is 4.90 Å². The van der Waals surface area contributed by atoms with Crippen molar-refractivity contribution < 1.29 is 0 Å². The van der Waals surface area contributed by atoms with Crippen LogP contribution in [0.1, 0.15) is 46.5 Å². The van der Waals surface area contributed by atoms with Crippen LogP contribution in [0.15, 0.2) is 12.2 Å². The van der Waals surface area contributed by atoms with E-state index in [0.29, 0.717) is 11.0 Å². The van der Waals surface area contributed by atoms with Crippen LogP contribution in [-0.2, 0) is 0 Å². The Morgan fingerprint density at radius 3 is 2.40 bits per heavy atom. The first kappa shape index (κ1) is 9.89. The van der Waals surface area contributed by atoms with Crippen molar-refractivity contribution >= 4 is 0 Å². The van der Waals surface area contributed by atoms with Crippen LogP contribution in [0.3, 0.4) is 0 Å². The Labute approximate surface area is 93.5 Å². The highest BCUT2D eigenvalue weighted by Crippen LogP contribution is 2.65. The Bertz CT molecular complexity index is 319. The van der Waals surface area contributed by atoms with E-state index in [2.05, 4.69) is 32.3 Å². The highest BCUT2D eigenvalue weighted by atomic mass is 15.3. The minimum absolute atomic E-state index is 0.401. The summed E-state index contributed by atoms with van der Waals surface area (Å²) < 4.78 is 0. The standard InChI is InChI=1S/C14H23N/c1-11-7-14(12(2,3)4)9-13(5-6-13)10-15(14)8-11/h1,5-10H2,2-4H3. The lowest BCUT2D eigenvalue weighted by atomic mass is 9.69. The zero-order chi connectivity index (χ0) is 10.9. The van der Waals surface area contributed by atoms with Gasteiger partial charge in [0.15, 0.2) is 0 Å². The topological polar surface area (TPSA) is 3.24 Å². The van der Waals surface area contributed by atoms with E-state index in [9.17, 15) is 0 Å². The van der Waals surface area contributed by atoms with Gasteiger partial charge in [0, 0.05) is 18.6 Å². The summed E-state index contributed by atoms with van der Waals surface area (Å²) in [6.45, 7) is 14.0. The van der Waals surface area contributed by atoms with E-state index in [1.807, 2.05) is 0 Å². The first-order chi connectivity index (χ1) is 6.87. The molecule has 0 N–H and O–H groups in total. The van der Waals surface area contributed by atoms with E-state index >= 15 is 0 Å². The Morgan fingerprint density at radius 1 is 1.27 bits per heavy atom. The van der Waals surface area contributed by atoms with Crippen LogP contribution >= 0.6 is 0 Å². The van der Waals surface area contributed by atoms with Crippen LogP contribution in [0.5, 0.6) is 0 Å². The van der Waals surface area contributed by atoms with Crippen molar-refractivity contribution in [2.75, 3.05) is 13.1 Å². The van der Waals surface area contributed by atoms with Gasteiger partial charge in [-0.05, 0) is 36.5 Å². The number of rotatable bonds is 0. The molecule has 0 aromatic heterocycles. The second-order valence-electron chi connectivity index (χ2n) is 7.24. The molecule has 3 fully saturated rings. The molecule has 1 atom stereocenters. The van der Waals surface area contributed by atoms with Crippen molar-refractivity contribution in [2.24, 2.45) is 10.8 Å². The lowest BCUT2D eigenvalue weighted by Crippen LogP contribution is -2.48. The van der Waals surface area contributed by atoms with Gasteiger partial charge in [-0.15, -0.1) is 0 Å². The Morgan fingerprint density at radius 2 is 1.93 bits per heavy atom. The largest absolute Gasteiger partial charge is 0.292 e. The molecular weight excluding hydrogens is 182 g/mol. The molecule has 3 aliphatic rings. The van der Waals surface area contributed by atoms with Crippen LogP contribution in [0.4, 0.5) is 0 Å². The van der Waals surface area contributed by atoms with E-state index in [4.69, 9.17) is 0 Å². The minimum Gasteiger partial charge on any atom is -0.292 e. The smallest absolute Gasteiger partial charge is 0.0304 e. The molecule has 0 bridgehead atoms. The molecule has 84 valence electrons. The average Bonchev–Trinajstić information content (AvgIpc) is 2.60. The van der Waals surface area contributed by atoms with Gasteiger partial charge in [0.2, 0.25) is 0 Å². The molecule has 1 nitrogen and oxygen atoms in total. The number of nitrogens with zero attached hydrogens (tertiary/aromatic N) is 1. The fraction of sp³-hybridized carbons (Fsp3) is 0.857. The average molecular weight is 205 g/mol. The molecule has 2 saturated heterocycles. The maximum absolute atomic E-state index is 4.22. The molecule has 1 spiro atoms. The van der Waals surface area contributed by atoms with Crippen molar-refractivity contribution in [3.8, 4) is 0 Å². The first-order valence-corrected chi connectivity index (χ1v) is 6.29. The Kier molecular flexibility index (Phi) is 1.65. The van der Waals surface area contributed by atoms with Gasteiger partial charge in [0.1, 0.15) is 0 Å². The maximum Gasteiger partial charge on any atom is 0.0304 e. The lowest BCUT2D eigenvalue weighted by Gasteiger charge is -2.44. The molecule has 1 aliphatic carbocycles. The SMILES string of the molecule is C=C1CN2CC3(CC3)CC2(C(C)(C)C)C1. The van der Waals surface area contributed by atoms with Gasteiger partial charge < -0.3 is 0 Å². The van der Waals surface area contributed by atoms with Crippen molar-refractivity contribution in [2.45, 2.75) is 52.0 Å². The van der Waals surface area contributed by atoms with Crippen LogP contribution in [0.25, 0.3) is 0 Å².